The molecule has 0 aromatic heterocycles. The Hall–Kier alpha value is -2.22. The van der Waals surface area contributed by atoms with Crippen molar-refractivity contribution in [2.75, 3.05) is 19.0 Å². The van der Waals surface area contributed by atoms with Crippen LogP contribution in [0.25, 0.3) is 0 Å². The second-order valence-electron chi connectivity index (χ2n) is 4.80. The van der Waals surface area contributed by atoms with E-state index in [1.54, 1.807) is 13.8 Å². The number of nitro groups is 1. The summed E-state index contributed by atoms with van der Waals surface area (Å²) in [7, 11) is 1.08. The van der Waals surface area contributed by atoms with Crippen LogP contribution in [0.1, 0.15) is 30.6 Å². The summed E-state index contributed by atoms with van der Waals surface area (Å²) in [5.74, 6) is -1.98. The van der Waals surface area contributed by atoms with Crippen LogP contribution < -0.4 is 5.32 Å². The van der Waals surface area contributed by atoms with Gasteiger partial charge in [0, 0.05) is 6.54 Å². The van der Waals surface area contributed by atoms with Gasteiger partial charge in [-0.1, -0.05) is 6.92 Å². The predicted molar refractivity (Wildman–Crippen MR) is 73.8 cm³/mol. The lowest BCUT2D eigenvalue weighted by Gasteiger charge is -2.22. The van der Waals surface area contributed by atoms with E-state index in [4.69, 9.17) is 0 Å². The van der Waals surface area contributed by atoms with E-state index in [0.717, 1.165) is 13.2 Å². The van der Waals surface area contributed by atoms with Gasteiger partial charge in [-0.05, 0) is 19.4 Å². The number of hydrogen-bond donors (Lipinski definition) is 2. The molecule has 0 saturated heterocycles. The number of nitrogens with one attached hydrogen (secondary N) is 1. The summed E-state index contributed by atoms with van der Waals surface area (Å²) < 4.78 is 18.1. The SMILES string of the molecule is CCC(C)(O)CNc1cc(C(=O)OC)c(F)cc1[N+](=O)[O-]. The first kappa shape index (κ1) is 16.8. The monoisotopic (exact) mass is 300 g/mol. The average Bonchev–Trinajstić information content (AvgIpc) is 2.44. The Morgan fingerprint density at radius 2 is 2.19 bits per heavy atom. The molecule has 1 aromatic carbocycles. The number of methoxy groups -OCH3 is 1. The molecule has 1 unspecified atom stereocenters. The van der Waals surface area contributed by atoms with Gasteiger partial charge in [0.15, 0.2) is 0 Å². The Kier molecular flexibility index (Phi) is 5.20. The fourth-order valence-corrected chi connectivity index (χ4v) is 1.53. The zero-order valence-electron chi connectivity index (χ0n) is 12.0. The van der Waals surface area contributed by atoms with Crippen LogP contribution in [0.15, 0.2) is 12.1 Å². The second-order valence-corrected chi connectivity index (χ2v) is 4.80. The zero-order valence-corrected chi connectivity index (χ0v) is 12.0. The maximum Gasteiger partial charge on any atom is 0.340 e. The molecule has 0 fully saturated rings. The molecular weight excluding hydrogens is 283 g/mol. The van der Waals surface area contributed by atoms with Gasteiger partial charge < -0.3 is 15.2 Å². The summed E-state index contributed by atoms with van der Waals surface area (Å²) >= 11 is 0. The highest BCUT2D eigenvalue weighted by molar-refractivity contribution is 5.91. The fraction of sp³-hybridized carbons (Fsp3) is 0.462. The number of benzene rings is 1. The van der Waals surface area contributed by atoms with E-state index in [1.807, 2.05) is 0 Å². The van der Waals surface area contributed by atoms with E-state index in [1.165, 1.54) is 0 Å². The smallest absolute Gasteiger partial charge is 0.340 e. The number of carbonyl (C=O) groups is 1. The van der Waals surface area contributed by atoms with Gasteiger partial charge in [-0.2, -0.15) is 0 Å². The molecule has 0 heterocycles. The molecule has 0 aliphatic carbocycles. The number of rotatable bonds is 6. The van der Waals surface area contributed by atoms with Crippen molar-refractivity contribution in [1.82, 2.24) is 0 Å². The Bertz CT molecular complexity index is 560. The van der Waals surface area contributed by atoms with E-state index >= 15 is 0 Å². The summed E-state index contributed by atoms with van der Waals surface area (Å²) in [6.07, 6.45) is 0.416. The fourth-order valence-electron chi connectivity index (χ4n) is 1.53. The molecule has 0 spiro atoms. The molecule has 0 bridgehead atoms. The summed E-state index contributed by atoms with van der Waals surface area (Å²) in [5.41, 5.74) is -2.09. The number of ether oxygens (including phenoxy) is 1. The van der Waals surface area contributed by atoms with Crippen LogP contribution in [0, 0.1) is 15.9 Å². The molecule has 1 atom stereocenters. The Morgan fingerprint density at radius 3 is 2.67 bits per heavy atom. The topological polar surface area (TPSA) is 102 Å². The first-order valence-electron chi connectivity index (χ1n) is 6.24. The van der Waals surface area contributed by atoms with Crippen LogP contribution in [0.4, 0.5) is 15.8 Å². The first-order chi connectivity index (χ1) is 9.71. The van der Waals surface area contributed by atoms with E-state index in [9.17, 15) is 24.4 Å². The van der Waals surface area contributed by atoms with Gasteiger partial charge in [-0.3, -0.25) is 10.1 Å². The maximum atomic E-state index is 13.7. The minimum absolute atomic E-state index is 0.0105. The molecule has 0 saturated carbocycles. The third-order valence-corrected chi connectivity index (χ3v) is 3.11. The Balaban J connectivity index is 3.20. The number of nitro benzene ring substituents is 1. The molecular formula is C13H17FN2O5. The molecule has 21 heavy (non-hydrogen) atoms. The minimum Gasteiger partial charge on any atom is -0.465 e. The number of aliphatic hydroxyl groups is 1. The number of nitrogens with zero attached hydrogens (tertiary/aromatic N) is 1. The highest BCUT2D eigenvalue weighted by Gasteiger charge is 2.24. The zero-order chi connectivity index (χ0) is 16.2. The lowest BCUT2D eigenvalue weighted by atomic mass is 10.0. The van der Waals surface area contributed by atoms with Crippen LogP contribution in [-0.4, -0.2) is 35.3 Å². The van der Waals surface area contributed by atoms with Crippen molar-refractivity contribution in [2.24, 2.45) is 0 Å². The minimum atomic E-state index is -1.09. The van der Waals surface area contributed by atoms with E-state index < -0.39 is 33.6 Å². The van der Waals surface area contributed by atoms with Crippen molar-refractivity contribution in [1.29, 1.82) is 0 Å². The molecule has 1 aromatic rings. The van der Waals surface area contributed by atoms with Gasteiger partial charge in [-0.25, -0.2) is 9.18 Å². The average molecular weight is 300 g/mol. The van der Waals surface area contributed by atoms with Gasteiger partial charge in [0.25, 0.3) is 5.69 Å². The highest BCUT2D eigenvalue weighted by atomic mass is 19.1. The number of carbonyl (C=O) groups excluding carboxylic acids is 1. The molecule has 0 radical (unpaired) electrons. The van der Waals surface area contributed by atoms with Crippen LogP contribution in [-0.2, 0) is 4.74 Å². The third-order valence-electron chi connectivity index (χ3n) is 3.11. The molecule has 2 N–H and O–H groups in total. The maximum absolute atomic E-state index is 13.7. The van der Waals surface area contributed by atoms with E-state index in [-0.39, 0.29) is 12.2 Å². The summed E-state index contributed by atoms with van der Waals surface area (Å²) in [4.78, 5) is 21.6. The number of halogens is 1. The third kappa shape index (κ3) is 4.12. The summed E-state index contributed by atoms with van der Waals surface area (Å²) in [6.45, 7) is 3.31. The van der Waals surface area contributed by atoms with Gasteiger partial charge in [0.2, 0.25) is 0 Å². The highest BCUT2D eigenvalue weighted by Crippen LogP contribution is 2.29. The number of anilines is 1. The largest absolute Gasteiger partial charge is 0.465 e. The van der Waals surface area contributed by atoms with Crippen molar-refractivity contribution >= 4 is 17.3 Å². The Labute approximate surface area is 120 Å². The van der Waals surface area contributed by atoms with Crippen LogP contribution >= 0.6 is 0 Å². The first-order valence-corrected chi connectivity index (χ1v) is 6.24. The van der Waals surface area contributed by atoms with Crippen molar-refractivity contribution < 1.29 is 24.0 Å². The standard InChI is InChI=1S/C13H17FN2O5/c1-4-13(2,18)7-15-10-5-8(12(17)21-3)9(14)6-11(10)16(19)20/h5-6,15,18H,4,7H2,1-3H3. The predicted octanol–water partition coefficient (Wildman–Crippen LogP) is 2.09. The van der Waals surface area contributed by atoms with Crippen molar-refractivity contribution in [3.05, 3.63) is 33.6 Å². The number of esters is 1. The molecule has 0 aliphatic heterocycles. The molecule has 1 rings (SSSR count). The Morgan fingerprint density at radius 1 is 1.57 bits per heavy atom. The van der Waals surface area contributed by atoms with Crippen LogP contribution in [0.5, 0.6) is 0 Å². The van der Waals surface area contributed by atoms with Gasteiger partial charge in [0.05, 0.1) is 29.3 Å². The molecule has 0 amide bonds. The van der Waals surface area contributed by atoms with Crippen LogP contribution in [0.3, 0.4) is 0 Å². The summed E-state index contributed by atoms with van der Waals surface area (Å²) in [5, 5.41) is 23.5. The van der Waals surface area contributed by atoms with Gasteiger partial charge >= 0.3 is 5.97 Å². The lowest BCUT2D eigenvalue weighted by Crippen LogP contribution is -2.32. The van der Waals surface area contributed by atoms with Gasteiger partial charge in [0.1, 0.15) is 11.5 Å². The molecule has 0 aliphatic rings. The normalized spacial score (nSPS) is 13.4. The quantitative estimate of drug-likeness (QED) is 0.474. The summed E-state index contributed by atoms with van der Waals surface area (Å²) in [6, 6.07) is 1.65. The van der Waals surface area contributed by atoms with Gasteiger partial charge in [-0.15, -0.1) is 0 Å². The van der Waals surface area contributed by atoms with E-state index in [2.05, 4.69) is 10.1 Å². The van der Waals surface area contributed by atoms with Crippen molar-refractivity contribution in [2.45, 2.75) is 25.9 Å². The van der Waals surface area contributed by atoms with Crippen molar-refractivity contribution in [3.63, 3.8) is 0 Å². The van der Waals surface area contributed by atoms with Crippen molar-refractivity contribution in [3.8, 4) is 0 Å². The van der Waals surface area contributed by atoms with E-state index in [0.29, 0.717) is 12.5 Å². The second kappa shape index (κ2) is 6.49. The van der Waals surface area contributed by atoms with Crippen LogP contribution in [0.2, 0.25) is 0 Å². The molecule has 116 valence electrons. The number of hydrogen-bond acceptors (Lipinski definition) is 6. The molecule has 7 nitrogen and oxygen atoms in total. The lowest BCUT2D eigenvalue weighted by molar-refractivity contribution is -0.384. The molecule has 8 heteroatoms.